The van der Waals surface area contributed by atoms with Crippen LogP contribution in [0.4, 0.5) is 10.6 Å². The van der Waals surface area contributed by atoms with Crippen LogP contribution in [0.15, 0.2) is 24.3 Å². The lowest BCUT2D eigenvalue weighted by atomic mass is 10.2. The molecule has 1 aromatic heterocycles. The molecule has 2 rings (SSSR count). The van der Waals surface area contributed by atoms with Gasteiger partial charge in [-0.1, -0.05) is 26.0 Å². The minimum Gasteiger partial charge on any atom is -0.444 e. The van der Waals surface area contributed by atoms with Crippen molar-refractivity contribution in [3.8, 4) is 0 Å². The molecule has 0 radical (unpaired) electrons. The molecule has 2 aromatic rings. The number of unbranched alkanes of at least 4 members (excludes halogenated alkanes) is 1. The Bertz CT molecular complexity index is 938. The van der Waals surface area contributed by atoms with E-state index in [0.29, 0.717) is 24.7 Å². The fourth-order valence-electron chi connectivity index (χ4n) is 2.74. The first kappa shape index (κ1) is 22.4. The molecule has 0 aliphatic carbocycles. The molecule has 0 atom stereocenters. The second kappa shape index (κ2) is 9.54. The third-order valence-electron chi connectivity index (χ3n) is 4.15. The van der Waals surface area contributed by atoms with E-state index in [4.69, 9.17) is 15.6 Å². The number of para-hydroxylation sites is 2. The average molecular weight is 405 g/mol. The summed E-state index contributed by atoms with van der Waals surface area (Å²) < 4.78 is 6.84. The molecule has 0 saturated carbocycles. The van der Waals surface area contributed by atoms with Crippen LogP contribution >= 0.6 is 0 Å². The van der Waals surface area contributed by atoms with Gasteiger partial charge in [0.25, 0.3) is 0 Å². The number of carbonyl (C=O) groups is 1. The van der Waals surface area contributed by atoms with E-state index in [1.54, 1.807) is 4.57 Å². The van der Waals surface area contributed by atoms with E-state index in [9.17, 15) is 4.79 Å². The van der Waals surface area contributed by atoms with Crippen LogP contribution in [-0.2, 0) is 4.74 Å². The monoisotopic (exact) mass is 404 g/mol. The predicted molar refractivity (Wildman–Crippen MR) is 120 cm³/mol. The zero-order valence-electron chi connectivity index (χ0n) is 17.9. The second-order valence-electron chi connectivity index (χ2n) is 8.24. The first-order valence-electron chi connectivity index (χ1n) is 9.96. The van der Waals surface area contributed by atoms with E-state index in [-0.39, 0.29) is 14.3 Å². The Kier molecular flexibility index (Phi) is 7.36. The maximum absolute atomic E-state index is 11.6. The molecule has 0 saturated heterocycles. The van der Waals surface area contributed by atoms with Gasteiger partial charge in [0.2, 0.25) is 0 Å². The molecule has 1 heterocycles. The molecule has 4 N–H and O–H groups in total. The normalized spacial score (nSPS) is 11.5. The van der Waals surface area contributed by atoms with Crippen molar-refractivity contribution in [2.45, 2.75) is 53.1 Å². The standard InChI is InChI=1S/C21H32N6O2.2H2/c1-14(2)17(22)27-16-11-7-6-10-15(16)26-19(18(27)23)24-12-8-9-13-25-20(28)29-21(3,4)5;;/h6-7,10-11,14,22-23H,8-9,12-13H2,1-5H3,(H,24,26)(H,25,28);2*1H. The number of carbonyl (C=O) groups excluding carboxylic acids is 1. The van der Waals surface area contributed by atoms with Gasteiger partial charge in [-0.25, -0.2) is 9.78 Å². The highest BCUT2D eigenvalue weighted by atomic mass is 16.6. The summed E-state index contributed by atoms with van der Waals surface area (Å²) in [5.41, 5.74) is 1.16. The van der Waals surface area contributed by atoms with Gasteiger partial charge in [-0.2, -0.15) is 0 Å². The van der Waals surface area contributed by atoms with Gasteiger partial charge in [0.1, 0.15) is 11.4 Å². The van der Waals surface area contributed by atoms with Gasteiger partial charge in [-0.15, -0.1) is 0 Å². The van der Waals surface area contributed by atoms with Crippen LogP contribution in [0.2, 0.25) is 0 Å². The van der Waals surface area contributed by atoms with Crippen LogP contribution in [0.25, 0.3) is 11.0 Å². The van der Waals surface area contributed by atoms with Crippen LogP contribution in [0.3, 0.4) is 0 Å². The topological polar surface area (TPSA) is 116 Å². The van der Waals surface area contributed by atoms with Gasteiger partial charge in [0.05, 0.1) is 11.0 Å². The van der Waals surface area contributed by atoms with Crippen LogP contribution in [-0.4, -0.2) is 40.2 Å². The van der Waals surface area contributed by atoms with E-state index in [0.717, 1.165) is 23.9 Å². The van der Waals surface area contributed by atoms with Gasteiger partial charge >= 0.3 is 6.09 Å². The minimum atomic E-state index is -0.503. The molecular formula is C21H36N6O2. The van der Waals surface area contributed by atoms with E-state index < -0.39 is 11.7 Å². The van der Waals surface area contributed by atoms with Crippen molar-refractivity contribution in [2.24, 2.45) is 5.92 Å². The number of hydrogen-bond acceptors (Lipinski definition) is 6. The quantitative estimate of drug-likeness (QED) is 0.314. The fraction of sp³-hybridized carbons (Fsp3) is 0.524. The van der Waals surface area contributed by atoms with Gasteiger partial charge in [0.15, 0.2) is 11.3 Å². The first-order valence-corrected chi connectivity index (χ1v) is 9.96. The number of hydrogen-bond donors (Lipinski definition) is 4. The summed E-state index contributed by atoms with van der Waals surface area (Å²) in [5, 5.41) is 22.9. The SMILES string of the molecule is CC(C)C(=N)n1c(=N)c(NCCCCNC(=O)OC(C)(C)C)nc2ccccc21.[HH].[HH]. The van der Waals surface area contributed by atoms with E-state index in [1.165, 1.54) is 0 Å². The number of alkyl carbamates (subject to hydrolysis) is 1. The van der Waals surface area contributed by atoms with Crippen molar-refractivity contribution in [1.29, 1.82) is 10.8 Å². The smallest absolute Gasteiger partial charge is 0.407 e. The Morgan fingerprint density at radius 3 is 2.55 bits per heavy atom. The van der Waals surface area contributed by atoms with E-state index in [1.807, 2.05) is 58.9 Å². The second-order valence-corrected chi connectivity index (χ2v) is 8.24. The lowest BCUT2D eigenvalue weighted by molar-refractivity contribution is 0.0527. The molecule has 1 amide bonds. The minimum absolute atomic E-state index is 0. The fourth-order valence-corrected chi connectivity index (χ4v) is 2.74. The van der Waals surface area contributed by atoms with Crippen molar-refractivity contribution >= 4 is 28.8 Å². The van der Waals surface area contributed by atoms with Crippen molar-refractivity contribution in [3.05, 3.63) is 29.8 Å². The highest BCUT2D eigenvalue weighted by Gasteiger charge is 2.16. The van der Waals surface area contributed by atoms with Crippen LogP contribution < -0.4 is 16.1 Å². The summed E-state index contributed by atoms with van der Waals surface area (Å²) in [6.07, 6.45) is 1.16. The molecule has 0 aliphatic rings. The molecule has 1 aromatic carbocycles. The maximum atomic E-state index is 11.6. The Hall–Kier alpha value is -2.90. The lowest BCUT2D eigenvalue weighted by Crippen LogP contribution is -2.33. The molecule has 0 unspecified atom stereocenters. The number of rotatable bonds is 7. The Balaban J connectivity index is 0.00000450. The lowest BCUT2D eigenvalue weighted by Gasteiger charge is -2.19. The Labute approximate surface area is 174 Å². The maximum Gasteiger partial charge on any atom is 0.407 e. The number of nitrogens with one attached hydrogen (secondary N) is 4. The third kappa shape index (κ3) is 6.30. The molecular weight excluding hydrogens is 368 g/mol. The molecule has 29 heavy (non-hydrogen) atoms. The average Bonchev–Trinajstić information content (AvgIpc) is 2.62. The van der Waals surface area contributed by atoms with Crippen molar-refractivity contribution in [2.75, 3.05) is 18.4 Å². The summed E-state index contributed by atoms with van der Waals surface area (Å²) in [5.74, 6) is 0.800. The number of anilines is 1. The van der Waals surface area contributed by atoms with Crippen LogP contribution in [0.1, 0.15) is 50.3 Å². The number of nitrogens with zero attached hydrogens (tertiary/aromatic N) is 2. The van der Waals surface area contributed by atoms with Crippen molar-refractivity contribution < 1.29 is 12.4 Å². The number of fused-ring (bicyclic) bond motifs is 1. The molecule has 0 aliphatic heterocycles. The van der Waals surface area contributed by atoms with E-state index >= 15 is 0 Å². The summed E-state index contributed by atoms with van der Waals surface area (Å²) >= 11 is 0. The predicted octanol–water partition coefficient (Wildman–Crippen LogP) is 4.21. The third-order valence-corrected chi connectivity index (χ3v) is 4.15. The Morgan fingerprint density at radius 1 is 1.24 bits per heavy atom. The summed E-state index contributed by atoms with van der Waals surface area (Å²) in [7, 11) is 0. The molecule has 8 heteroatoms. The zero-order valence-corrected chi connectivity index (χ0v) is 17.9. The van der Waals surface area contributed by atoms with Gasteiger partial charge in [0, 0.05) is 21.9 Å². The largest absolute Gasteiger partial charge is 0.444 e. The van der Waals surface area contributed by atoms with Gasteiger partial charge < -0.3 is 15.4 Å². The van der Waals surface area contributed by atoms with Gasteiger partial charge in [-0.3, -0.25) is 15.4 Å². The molecule has 8 nitrogen and oxygen atoms in total. The molecule has 0 spiro atoms. The highest BCUT2D eigenvalue weighted by Crippen LogP contribution is 2.13. The number of amides is 1. The summed E-state index contributed by atoms with van der Waals surface area (Å²) in [6, 6.07) is 7.55. The number of aromatic nitrogens is 2. The van der Waals surface area contributed by atoms with Crippen molar-refractivity contribution in [3.63, 3.8) is 0 Å². The van der Waals surface area contributed by atoms with Crippen LogP contribution in [0, 0.1) is 16.7 Å². The number of ether oxygens (including phenoxy) is 1. The van der Waals surface area contributed by atoms with E-state index in [2.05, 4.69) is 15.6 Å². The van der Waals surface area contributed by atoms with Gasteiger partial charge in [-0.05, 0) is 45.7 Å². The Morgan fingerprint density at radius 2 is 1.90 bits per heavy atom. The van der Waals surface area contributed by atoms with Crippen LogP contribution in [0.5, 0.6) is 0 Å². The van der Waals surface area contributed by atoms with Crippen molar-refractivity contribution in [1.82, 2.24) is 14.9 Å². The summed E-state index contributed by atoms with van der Waals surface area (Å²) in [6.45, 7) is 10.5. The molecule has 0 fully saturated rings. The molecule has 162 valence electrons. The zero-order chi connectivity index (χ0) is 21.6. The molecule has 0 bridgehead atoms. The summed E-state index contributed by atoms with van der Waals surface area (Å²) in [4.78, 5) is 16.2. The number of benzene rings is 1. The highest BCUT2D eigenvalue weighted by molar-refractivity contribution is 5.92. The first-order chi connectivity index (χ1) is 13.6.